The largest absolute Gasteiger partial charge is 0.379 e. The summed E-state index contributed by atoms with van der Waals surface area (Å²) in [6, 6.07) is 9.10. The Hall–Kier alpha value is -0.900. The lowest BCUT2D eigenvalue weighted by Crippen LogP contribution is -2.42. The van der Waals surface area contributed by atoms with Crippen LogP contribution in [0.5, 0.6) is 0 Å². The molecular weight excluding hydrogens is 218 g/mol. The average Bonchev–Trinajstić information content (AvgIpc) is 2.74. The molecule has 0 bridgehead atoms. The third-order valence-corrected chi connectivity index (χ3v) is 4.04. The Bertz CT molecular complexity index is 473. The van der Waals surface area contributed by atoms with E-state index in [0.717, 1.165) is 26.2 Å². The van der Waals surface area contributed by atoms with Gasteiger partial charge in [0.2, 0.25) is 0 Å². The second kappa shape index (κ2) is 4.53. The van der Waals surface area contributed by atoms with Gasteiger partial charge in [-0.1, -0.05) is 18.2 Å². The zero-order valence-electron chi connectivity index (χ0n) is 9.11. The van der Waals surface area contributed by atoms with Gasteiger partial charge in [0.25, 0.3) is 0 Å². The molecule has 1 saturated heterocycles. The summed E-state index contributed by atoms with van der Waals surface area (Å²) in [5, 5.41) is 7.18. The zero-order valence-corrected chi connectivity index (χ0v) is 9.93. The van der Waals surface area contributed by atoms with Crippen LogP contribution in [0.3, 0.4) is 0 Å². The van der Waals surface area contributed by atoms with Gasteiger partial charge in [0.1, 0.15) is 0 Å². The first-order valence-corrected chi connectivity index (χ1v) is 6.58. The van der Waals surface area contributed by atoms with Crippen molar-refractivity contribution in [1.82, 2.24) is 5.32 Å². The molecule has 0 aliphatic carbocycles. The number of thiophene rings is 1. The molecule has 0 radical (unpaired) electrons. The maximum Gasteiger partial charge on any atom is 0.0623 e. The van der Waals surface area contributed by atoms with E-state index in [1.165, 1.54) is 15.6 Å². The minimum absolute atomic E-state index is 0.478. The number of nitrogens with one attached hydrogen (secondary N) is 1. The Morgan fingerprint density at radius 1 is 1.38 bits per heavy atom. The van der Waals surface area contributed by atoms with E-state index in [0.29, 0.717) is 6.04 Å². The lowest BCUT2D eigenvalue weighted by molar-refractivity contribution is 0.0771. The van der Waals surface area contributed by atoms with Gasteiger partial charge in [0.05, 0.1) is 13.2 Å². The molecule has 1 unspecified atom stereocenters. The first-order valence-electron chi connectivity index (χ1n) is 5.70. The highest BCUT2D eigenvalue weighted by atomic mass is 32.1. The molecule has 0 saturated carbocycles. The van der Waals surface area contributed by atoms with E-state index in [-0.39, 0.29) is 0 Å². The van der Waals surface area contributed by atoms with Crippen LogP contribution >= 0.6 is 11.3 Å². The monoisotopic (exact) mass is 233 g/mol. The van der Waals surface area contributed by atoms with Gasteiger partial charge < -0.3 is 10.1 Å². The Morgan fingerprint density at radius 2 is 2.31 bits per heavy atom. The van der Waals surface area contributed by atoms with Gasteiger partial charge in [-0.15, -0.1) is 11.3 Å². The first kappa shape index (κ1) is 10.3. The molecule has 2 aromatic rings. The maximum absolute atomic E-state index is 5.48. The fourth-order valence-electron chi connectivity index (χ4n) is 2.21. The molecule has 16 heavy (non-hydrogen) atoms. The normalized spacial score (nSPS) is 21.4. The molecule has 0 spiro atoms. The molecule has 3 rings (SSSR count). The molecular formula is C13H15NOS. The standard InChI is InChI=1S/C13H15NOS/c1-2-4-13-12(3-1)10(9-16-13)7-11-8-15-6-5-14-11/h1-4,9,11,14H,5-8H2. The first-order chi connectivity index (χ1) is 7.93. The smallest absolute Gasteiger partial charge is 0.0623 e. The summed E-state index contributed by atoms with van der Waals surface area (Å²) in [4.78, 5) is 0. The predicted octanol–water partition coefficient (Wildman–Crippen LogP) is 2.43. The van der Waals surface area contributed by atoms with Gasteiger partial charge in [-0.2, -0.15) is 0 Å². The van der Waals surface area contributed by atoms with Crippen LogP contribution in [0.25, 0.3) is 10.1 Å². The van der Waals surface area contributed by atoms with Crippen LogP contribution < -0.4 is 5.32 Å². The zero-order chi connectivity index (χ0) is 10.8. The van der Waals surface area contributed by atoms with Crippen molar-refractivity contribution in [1.29, 1.82) is 0 Å². The molecule has 2 nitrogen and oxygen atoms in total. The number of rotatable bonds is 2. The van der Waals surface area contributed by atoms with Crippen LogP contribution in [0, 0.1) is 0 Å². The van der Waals surface area contributed by atoms with Crippen LogP contribution in [0.4, 0.5) is 0 Å². The second-order valence-electron chi connectivity index (χ2n) is 4.19. The summed E-state index contributed by atoms with van der Waals surface area (Å²) in [5.41, 5.74) is 1.45. The lowest BCUT2D eigenvalue weighted by atomic mass is 10.1. The molecule has 0 amide bonds. The van der Waals surface area contributed by atoms with Gasteiger partial charge in [0, 0.05) is 17.3 Å². The molecule has 1 aromatic heterocycles. The van der Waals surface area contributed by atoms with Crippen LogP contribution in [-0.2, 0) is 11.2 Å². The number of hydrogen-bond acceptors (Lipinski definition) is 3. The van der Waals surface area contributed by atoms with Gasteiger partial charge in [-0.3, -0.25) is 0 Å². The SMILES string of the molecule is c1ccc2c(CC3COCCN3)csc2c1. The highest BCUT2D eigenvalue weighted by Gasteiger charge is 2.15. The number of morpholine rings is 1. The van der Waals surface area contributed by atoms with E-state index >= 15 is 0 Å². The van der Waals surface area contributed by atoms with Crippen molar-refractivity contribution >= 4 is 21.4 Å². The molecule has 1 aliphatic rings. The molecule has 1 fully saturated rings. The highest BCUT2D eigenvalue weighted by Crippen LogP contribution is 2.26. The van der Waals surface area contributed by atoms with E-state index in [4.69, 9.17) is 4.74 Å². The van der Waals surface area contributed by atoms with Gasteiger partial charge in [-0.05, 0) is 28.8 Å². The van der Waals surface area contributed by atoms with Crippen molar-refractivity contribution < 1.29 is 4.74 Å². The van der Waals surface area contributed by atoms with E-state index in [2.05, 4.69) is 35.0 Å². The lowest BCUT2D eigenvalue weighted by Gasteiger charge is -2.23. The van der Waals surface area contributed by atoms with Crippen LogP contribution in [0.1, 0.15) is 5.56 Å². The fraction of sp³-hybridized carbons (Fsp3) is 0.385. The summed E-state index contributed by atoms with van der Waals surface area (Å²) >= 11 is 1.83. The Morgan fingerprint density at radius 3 is 3.19 bits per heavy atom. The Labute approximate surface area is 99.2 Å². The highest BCUT2D eigenvalue weighted by molar-refractivity contribution is 7.17. The van der Waals surface area contributed by atoms with Crippen LogP contribution in [0.2, 0.25) is 0 Å². The van der Waals surface area contributed by atoms with E-state index in [1.54, 1.807) is 0 Å². The predicted molar refractivity (Wildman–Crippen MR) is 68.1 cm³/mol. The third-order valence-electron chi connectivity index (χ3n) is 3.03. The van der Waals surface area contributed by atoms with Crippen molar-refractivity contribution in [2.24, 2.45) is 0 Å². The number of hydrogen-bond donors (Lipinski definition) is 1. The third kappa shape index (κ3) is 1.98. The maximum atomic E-state index is 5.48. The number of benzene rings is 1. The Balaban J connectivity index is 1.83. The average molecular weight is 233 g/mol. The summed E-state index contributed by atoms with van der Waals surface area (Å²) in [7, 11) is 0. The topological polar surface area (TPSA) is 21.3 Å². The Kier molecular flexibility index (Phi) is 2.91. The summed E-state index contributed by atoms with van der Waals surface area (Å²) in [6.07, 6.45) is 1.07. The van der Waals surface area contributed by atoms with Gasteiger partial charge in [0.15, 0.2) is 0 Å². The minimum Gasteiger partial charge on any atom is -0.379 e. The summed E-state index contributed by atoms with van der Waals surface area (Å²) in [6.45, 7) is 2.66. The van der Waals surface area contributed by atoms with E-state index in [9.17, 15) is 0 Å². The molecule has 1 aromatic carbocycles. The number of fused-ring (bicyclic) bond motifs is 1. The summed E-state index contributed by atoms with van der Waals surface area (Å²) < 4.78 is 6.87. The van der Waals surface area contributed by atoms with Gasteiger partial charge in [-0.25, -0.2) is 0 Å². The second-order valence-corrected chi connectivity index (χ2v) is 5.10. The van der Waals surface area contributed by atoms with Crippen molar-refractivity contribution in [2.45, 2.75) is 12.5 Å². The molecule has 84 valence electrons. The van der Waals surface area contributed by atoms with Gasteiger partial charge >= 0.3 is 0 Å². The molecule has 3 heteroatoms. The fourth-order valence-corrected chi connectivity index (χ4v) is 3.18. The number of ether oxygens (including phenoxy) is 1. The van der Waals surface area contributed by atoms with Crippen LogP contribution in [0.15, 0.2) is 29.6 Å². The van der Waals surface area contributed by atoms with Crippen molar-refractivity contribution in [3.05, 3.63) is 35.2 Å². The molecule has 1 atom stereocenters. The van der Waals surface area contributed by atoms with Crippen molar-refractivity contribution in [3.63, 3.8) is 0 Å². The summed E-state index contributed by atoms with van der Waals surface area (Å²) in [5.74, 6) is 0. The minimum atomic E-state index is 0.478. The molecule has 2 heterocycles. The van der Waals surface area contributed by atoms with Crippen molar-refractivity contribution in [2.75, 3.05) is 19.8 Å². The quantitative estimate of drug-likeness (QED) is 0.860. The molecule has 1 N–H and O–H groups in total. The molecule has 1 aliphatic heterocycles. The van der Waals surface area contributed by atoms with E-state index in [1.807, 2.05) is 11.3 Å². The van der Waals surface area contributed by atoms with Crippen molar-refractivity contribution in [3.8, 4) is 0 Å². The van der Waals surface area contributed by atoms with Crippen LogP contribution in [-0.4, -0.2) is 25.8 Å². The van der Waals surface area contributed by atoms with E-state index < -0.39 is 0 Å².